The van der Waals surface area contributed by atoms with E-state index in [1.54, 1.807) is 25.3 Å². The van der Waals surface area contributed by atoms with Crippen molar-refractivity contribution in [2.75, 3.05) is 62.9 Å². The SMILES string of the molecule is COc1ccc(Cl)cc1Nc1ncnc(NCCCN2CCOCC2)c1N. The van der Waals surface area contributed by atoms with Crippen LogP contribution in [0.1, 0.15) is 6.42 Å². The number of methoxy groups -OCH3 is 1. The molecule has 1 fully saturated rings. The Morgan fingerprint density at radius 3 is 2.81 bits per heavy atom. The first-order valence-corrected chi connectivity index (χ1v) is 9.30. The summed E-state index contributed by atoms with van der Waals surface area (Å²) in [5, 5.41) is 7.04. The Hall–Kier alpha value is -2.29. The summed E-state index contributed by atoms with van der Waals surface area (Å²) in [6.45, 7) is 5.41. The molecule has 0 amide bonds. The molecule has 0 unspecified atom stereocenters. The van der Waals surface area contributed by atoms with Crippen molar-refractivity contribution in [3.8, 4) is 5.75 Å². The lowest BCUT2D eigenvalue weighted by Gasteiger charge is -2.26. The largest absolute Gasteiger partial charge is 0.495 e. The van der Waals surface area contributed by atoms with Crippen LogP contribution >= 0.6 is 11.6 Å². The van der Waals surface area contributed by atoms with Gasteiger partial charge in [-0.3, -0.25) is 4.90 Å². The lowest BCUT2D eigenvalue weighted by molar-refractivity contribution is 0.0378. The third-order valence-corrected chi connectivity index (χ3v) is 4.58. The fraction of sp³-hybridized carbons (Fsp3) is 0.444. The van der Waals surface area contributed by atoms with Crippen molar-refractivity contribution < 1.29 is 9.47 Å². The number of benzene rings is 1. The van der Waals surface area contributed by atoms with Crippen LogP contribution in [0.25, 0.3) is 0 Å². The van der Waals surface area contributed by atoms with Crippen LogP contribution in [0.15, 0.2) is 24.5 Å². The minimum atomic E-state index is 0.450. The number of anilines is 4. The predicted octanol–water partition coefficient (Wildman–Crippen LogP) is 2.60. The second-order valence-electron chi connectivity index (χ2n) is 6.19. The highest BCUT2D eigenvalue weighted by molar-refractivity contribution is 6.31. The number of aromatic nitrogens is 2. The number of nitrogens with one attached hydrogen (secondary N) is 2. The molecule has 8 nitrogen and oxygen atoms in total. The number of morpholine rings is 1. The molecule has 146 valence electrons. The van der Waals surface area contributed by atoms with Gasteiger partial charge in [0.25, 0.3) is 0 Å². The molecule has 0 aliphatic carbocycles. The molecule has 0 saturated carbocycles. The molecular formula is C18H25ClN6O2. The van der Waals surface area contributed by atoms with Gasteiger partial charge in [-0.2, -0.15) is 0 Å². The zero-order valence-electron chi connectivity index (χ0n) is 15.4. The van der Waals surface area contributed by atoms with Crippen molar-refractivity contribution in [2.45, 2.75) is 6.42 Å². The third-order valence-electron chi connectivity index (χ3n) is 4.35. The highest BCUT2D eigenvalue weighted by Gasteiger charge is 2.12. The topological polar surface area (TPSA) is 97.6 Å². The van der Waals surface area contributed by atoms with Gasteiger partial charge in [-0.1, -0.05) is 11.6 Å². The van der Waals surface area contributed by atoms with Gasteiger partial charge in [0, 0.05) is 24.7 Å². The van der Waals surface area contributed by atoms with Crippen LogP contribution in [0.2, 0.25) is 5.02 Å². The number of nitrogens with two attached hydrogens (primary N) is 1. The van der Waals surface area contributed by atoms with E-state index in [0.29, 0.717) is 33.8 Å². The average molecular weight is 393 g/mol. The van der Waals surface area contributed by atoms with Crippen LogP contribution in [0, 0.1) is 0 Å². The number of nitrogens with zero attached hydrogens (tertiary/aromatic N) is 3. The summed E-state index contributed by atoms with van der Waals surface area (Å²) < 4.78 is 10.7. The normalized spacial score (nSPS) is 14.7. The maximum absolute atomic E-state index is 6.24. The smallest absolute Gasteiger partial charge is 0.159 e. The molecule has 0 atom stereocenters. The molecule has 4 N–H and O–H groups in total. The highest BCUT2D eigenvalue weighted by Crippen LogP contribution is 2.32. The monoisotopic (exact) mass is 392 g/mol. The number of ether oxygens (including phenoxy) is 2. The third kappa shape index (κ3) is 5.35. The van der Waals surface area contributed by atoms with Gasteiger partial charge < -0.3 is 25.8 Å². The summed E-state index contributed by atoms with van der Waals surface area (Å²) in [5.74, 6) is 1.76. The van der Waals surface area contributed by atoms with E-state index in [0.717, 1.165) is 45.8 Å². The van der Waals surface area contributed by atoms with Crippen molar-refractivity contribution in [3.05, 3.63) is 29.5 Å². The molecule has 0 bridgehead atoms. The molecule has 2 aromatic rings. The molecule has 1 aliphatic heterocycles. The summed E-state index contributed by atoms with van der Waals surface area (Å²) in [7, 11) is 1.60. The highest BCUT2D eigenvalue weighted by atomic mass is 35.5. The Bertz CT molecular complexity index is 755. The Balaban J connectivity index is 1.59. The molecule has 3 rings (SSSR count). The molecular weight excluding hydrogens is 368 g/mol. The fourth-order valence-electron chi connectivity index (χ4n) is 2.88. The Kier molecular flexibility index (Phi) is 6.92. The van der Waals surface area contributed by atoms with E-state index < -0.39 is 0 Å². The summed E-state index contributed by atoms with van der Waals surface area (Å²) in [6.07, 6.45) is 2.47. The molecule has 0 radical (unpaired) electrons. The molecule has 0 spiro atoms. The van der Waals surface area contributed by atoms with Crippen molar-refractivity contribution in [3.63, 3.8) is 0 Å². The maximum atomic E-state index is 6.24. The summed E-state index contributed by atoms with van der Waals surface area (Å²) in [4.78, 5) is 10.9. The van der Waals surface area contributed by atoms with Gasteiger partial charge in [0.05, 0.1) is 26.0 Å². The molecule has 1 saturated heterocycles. The van der Waals surface area contributed by atoms with Gasteiger partial charge in [-0.15, -0.1) is 0 Å². The minimum absolute atomic E-state index is 0.450. The van der Waals surface area contributed by atoms with Gasteiger partial charge in [0.15, 0.2) is 11.6 Å². The number of nitrogen functional groups attached to an aromatic ring is 1. The quantitative estimate of drug-likeness (QED) is 0.590. The van der Waals surface area contributed by atoms with Crippen molar-refractivity contribution in [2.24, 2.45) is 0 Å². The molecule has 1 aliphatic rings. The standard InChI is InChI=1S/C18H25ClN6O2/c1-26-15-4-3-13(19)11-14(15)24-18-16(20)17(22-12-23-18)21-5-2-6-25-7-9-27-10-8-25/h3-4,11-12H,2,5-10,20H2,1H3,(H2,21,22,23,24). The lowest BCUT2D eigenvalue weighted by Crippen LogP contribution is -2.37. The lowest BCUT2D eigenvalue weighted by atomic mass is 10.3. The van der Waals surface area contributed by atoms with Crippen LogP contribution in [0.3, 0.4) is 0 Å². The van der Waals surface area contributed by atoms with Crippen LogP contribution in [-0.4, -0.2) is 61.4 Å². The van der Waals surface area contributed by atoms with Crippen molar-refractivity contribution in [1.82, 2.24) is 14.9 Å². The first-order valence-electron chi connectivity index (χ1n) is 8.92. The maximum Gasteiger partial charge on any atom is 0.159 e. The molecule has 2 heterocycles. The number of hydrogen-bond acceptors (Lipinski definition) is 8. The molecule has 9 heteroatoms. The number of hydrogen-bond donors (Lipinski definition) is 3. The average Bonchev–Trinajstić information content (AvgIpc) is 2.69. The molecule has 27 heavy (non-hydrogen) atoms. The van der Waals surface area contributed by atoms with Crippen LogP contribution in [0.4, 0.5) is 23.0 Å². The summed E-state index contributed by atoms with van der Waals surface area (Å²) >= 11 is 6.08. The van der Waals surface area contributed by atoms with E-state index in [1.165, 1.54) is 6.33 Å². The first-order chi connectivity index (χ1) is 13.2. The first kappa shape index (κ1) is 19.5. The molecule has 1 aromatic heterocycles. The summed E-state index contributed by atoms with van der Waals surface area (Å²) in [5.41, 5.74) is 7.37. The van der Waals surface area contributed by atoms with Gasteiger partial charge in [0.1, 0.15) is 17.8 Å². The van der Waals surface area contributed by atoms with E-state index in [4.69, 9.17) is 26.8 Å². The predicted molar refractivity (Wildman–Crippen MR) is 108 cm³/mol. The Morgan fingerprint density at radius 1 is 1.26 bits per heavy atom. The van der Waals surface area contributed by atoms with Gasteiger partial charge in [-0.05, 0) is 31.2 Å². The molecule has 1 aromatic carbocycles. The van der Waals surface area contributed by atoms with Gasteiger partial charge in [0.2, 0.25) is 0 Å². The van der Waals surface area contributed by atoms with E-state index in [2.05, 4.69) is 25.5 Å². The van der Waals surface area contributed by atoms with E-state index in [9.17, 15) is 0 Å². The second kappa shape index (κ2) is 9.59. The number of halogens is 1. The van der Waals surface area contributed by atoms with E-state index >= 15 is 0 Å². The number of rotatable bonds is 8. The Morgan fingerprint density at radius 2 is 2.04 bits per heavy atom. The van der Waals surface area contributed by atoms with E-state index in [1.807, 2.05) is 0 Å². The van der Waals surface area contributed by atoms with Crippen molar-refractivity contribution >= 4 is 34.6 Å². The Labute approximate surface area is 164 Å². The fourth-order valence-corrected chi connectivity index (χ4v) is 3.05. The van der Waals surface area contributed by atoms with Gasteiger partial charge in [-0.25, -0.2) is 9.97 Å². The minimum Gasteiger partial charge on any atom is -0.495 e. The van der Waals surface area contributed by atoms with Crippen LogP contribution < -0.4 is 21.1 Å². The van der Waals surface area contributed by atoms with Crippen LogP contribution in [-0.2, 0) is 4.74 Å². The summed E-state index contributed by atoms with van der Waals surface area (Å²) in [6, 6.07) is 5.31. The zero-order valence-corrected chi connectivity index (χ0v) is 16.1. The zero-order chi connectivity index (χ0) is 19.1. The van der Waals surface area contributed by atoms with Crippen LogP contribution in [0.5, 0.6) is 5.75 Å². The van der Waals surface area contributed by atoms with Crippen molar-refractivity contribution in [1.29, 1.82) is 0 Å². The second-order valence-corrected chi connectivity index (χ2v) is 6.62. The van der Waals surface area contributed by atoms with Gasteiger partial charge >= 0.3 is 0 Å². The van der Waals surface area contributed by atoms with E-state index in [-0.39, 0.29) is 0 Å².